The fourth-order valence-corrected chi connectivity index (χ4v) is 10.6. The van der Waals surface area contributed by atoms with Gasteiger partial charge >= 0.3 is 0 Å². The van der Waals surface area contributed by atoms with E-state index in [2.05, 4.69) is 289 Å². The maximum atomic E-state index is 6.35. The molecule has 0 aliphatic heterocycles. The van der Waals surface area contributed by atoms with Crippen LogP contribution in [0.15, 0.2) is 312 Å². The van der Waals surface area contributed by atoms with E-state index in [1.54, 1.807) is 0 Å². The topological polar surface area (TPSA) is 32.8 Å². The van der Waals surface area contributed by atoms with Crippen LogP contribution in [0.5, 0.6) is 0 Å². The van der Waals surface area contributed by atoms with Crippen LogP contribution in [-0.2, 0) is 0 Å². The van der Waals surface area contributed by atoms with Gasteiger partial charge in [-0.05, 0) is 119 Å². The first kappa shape index (κ1) is 72.6. The lowest BCUT2D eigenvalue weighted by Crippen LogP contribution is -2.10. The minimum Gasteiger partial charge on any atom is -0.455 e. The number of furan rings is 2. The standard InChI is InChI=1S/2C36H25NO.8C2H6/c1-3-15-28(16-4-1)37(29-17-5-2-6-18-29)34-23-9-7-19-30(34)26-13-11-14-27(25-26)31-21-12-22-33-32-20-8-10-24-35(32)38-36(31)33;1-3-15-29(16-4-1)37(30-17-5-2-6-18-30)31-19-10-13-27(25-31)26-12-9-14-28(24-26)32-21-11-22-34-33-20-7-8-23-35(33)38-36(32)34;8*1-2/h2*1-25H;8*1-2H3. The fraction of sp³-hybridized carbons (Fsp3) is 0.182. The van der Waals surface area contributed by atoms with Crippen LogP contribution in [0.2, 0.25) is 0 Å². The van der Waals surface area contributed by atoms with Crippen LogP contribution in [0, 0.1) is 0 Å². The normalized spacial score (nSPS) is 9.74. The maximum absolute atomic E-state index is 6.35. The van der Waals surface area contributed by atoms with E-state index in [0.717, 1.165) is 111 Å². The summed E-state index contributed by atoms with van der Waals surface area (Å²) in [7, 11) is 0. The highest BCUT2D eigenvalue weighted by molar-refractivity contribution is 6.11. The largest absolute Gasteiger partial charge is 0.455 e. The van der Waals surface area contributed by atoms with Crippen molar-refractivity contribution in [2.24, 2.45) is 0 Å². The molecule has 0 radical (unpaired) electrons. The number of nitrogens with zero attached hydrogens (tertiary/aromatic N) is 2. The molecule has 472 valence electrons. The highest BCUT2D eigenvalue weighted by Gasteiger charge is 2.19. The fourth-order valence-electron chi connectivity index (χ4n) is 10.6. The van der Waals surface area contributed by atoms with Gasteiger partial charge in [0.15, 0.2) is 0 Å². The second-order valence-electron chi connectivity index (χ2n) is 18.8. The zero-order valence-corrected chi connectivity index (χ0v) is 57.6. The first-order valence-electron chi connectivity index (χ1n) is 33.7. The average Bonchev–Trinajstić information content (AvgIpc) is 1.56. The van der Waals surface area contributed by atoms with Gasteiger partial charge in [-0.1, -0.05) is 323 Å². The molecular formula is C88H98N2O2. The molecule has 0 fully saturated rings. The van der Waals surface area contributed by atoms with Crippen molar-refractivity contribution in [3.63, 3.8) is 0 Å². The summed E-state index contributed by atoms with van der Waals surface area (Å²) >= 11 is 0. The van der Waals surface area contributed by atoms with Crippen LogP contribution in [0.3, 0.4) is 0 Å². The Morgan fingerprint density at radius 2 is 0.467 bits per heavy atom. The summed E-state index contributed by atoms with van der Waals surface area (Å²) in [5.74, 6) is 0. The van der Waals surface area contributed by atoms with E-state index in [1.807, 2.05) is 135 Å². The Kier molecular flexibility index (Phi) is 31.4. The lowest BCUT2D eigenvalue weighted by molar-refractivity contribution is 0.669. The Labute approximate surface area is 552 Å². The molecule has 0 atom stereocenters. The van der Waals surface area contributed by atoms with Gasteiger partial charge in [0.2, 0.25) is 0 Å². The van der Waals surface area contributed by atoms with E-state index in [0.29, 0.717) is 0 Å². The number of para-hydroxylation sites is 9. The summed E-state index contributed by atoms with van der Waals surface area (Å²) in [5.41, 5.74) is 19.5. The van der Waals surface area contributed by atoms with Gasteiger partial charge in [-0.25, -0.2) is 0 Å². The van der Waals surface area contributed by atoms with Crippen LogP contribution >= 0.6 is 0 Å². The van der Waals surface area contributed by atoms with Crippen LogP contribution in [0.4, 0.5) is 34.1 Å². The van der Waals surface area contributed by atoms with Crippen LogP contribution in [0.25, 0.3) is 88.4 Å². The van der Waals surface area contributed by atoms with Crippen molar-refractivity contribution >= 4 is 78.0 Å². The summed E-state index contributed by atoms with van der Waals surface area (Å²) in [6.45, 7) is 32.0. The van der Waals surface area contributed by atoms with Crippen molar-refractivity contribution < 1.29 is 8.83 Å². The van der Waals surface area contributed by atoms with Crippen molar-refractivity contribution in [2.75, 3.05) is 9.80 Å². The predicted octanol–water partition coefficient (Wildman–Crippen LogP) is 29.0. The van der Waals surface area contributed by atoms with Gasteiger partial charge in [0.05, 0.1) is 5.69 Å². The summed E-state index contributed by atoms with van der Waals surface area (Å²) in [4.78, 5) is 4.62. The molecule has 14 aromatic rings. The van der Waals surface area contributed by atoms with E-state index in [4.69, 9.17) is 8.83 Å². The molecule has 0 spiro atoms. The summed E-state index contributed by atoms with van der Waals surface area (Å²) < 4.78 is 12.7. The molecule has 2 aromatic heterocycles. The quantitative estimate of drug-likeness (QED) is 0.137. The highest BCUT2D eigenvalue weighted by atomic mass is 16.3. The number of anilines is 6. The Balaban J connectivity index is 0.000000275. The van der Waals surface area contributed by atoms with E-state index in [9.17, 15) is 0 Å². The average molecular weight is 1220 g/mol. The molecule has 0 unspecified atom stereocenters. The number of benzene rings is 12. The Hall–Kier alpha value is -10.2. The summed E-state index contributed by atoms with van der Waals surface area (Å²) in [5, 5.41) is 4.58. The molecule has 12 aromatic carbocycles. The molecule has 4 nitrogen and oxygen atoms in total. The lowest BCUT2D eigenvalue weighted by atomic mass is 9.96. The van der Waals surface area contributed by atoms with Crippen LogP contribution in [-0.4, -0.2) is 0 Å². The second kappa shape index (κ2) is 39.8. The molecule has 0 aliphatic rings. The molecule has 2 heterocycles. The van der Waals surface area contributed by atoms with Crippen molar-refractivity contribution in [2.45, 2.75) is 111 Å². The second-order valence-corrected chi connectivity index (χ2v) is 18.8. The van der Waals surface area contributed by atoms with Gasteiger partial charge in [-0.15, -0.1) is 0 Å². The molecule has 0 aliphatic carbocycles. The van der Waals surface area contributed by atoms with Gasteiger partial charge in [0.25, 0.3) is 0 Å². The Bertz CT molecular complexity index is 4220. The zero-order chi connectivity index (χ0) is 66.6. The Morgan fingerprint density at radius 3 is 0.891 bits per heavy atom. The molecule has 0 saturated heterocycles. The lowest BCUT2D eigenvalue weighted by Gasteiger charge is -2.27. The molecule has 4 heteroatoms. The van der Waals surface area contributed by atoms with Crippen molar-refractivity contribution in [1.29, 1.82) is 0 Å². The minimum absolute atomic E-state index is 0.915. The maximum Gasteiger partial charge on any atom is 0.143 e. The van der Waals surface area contributed by atoms with Crippen molar-refractivity contribution in [1.82, 2.24) is 0 Å². The van der Waals surface area contributed by atoms with Gasteiger partial charge in [-0.3, -0.25) is 0 Å². The van der Waals surface area contributed by atoms with Gasteiger partial charge in [-0.2, -0.15) is 0 Å². The number of rotatable bonds is 10. The predicted molar refractivity (Wildman–Crippen MR) is 409 cm³/mol. The summed E-state index contributed by atoms with van der Waals surface area (Å²) in [6, 6.07) is 106. The third kappa shape index (κ3) is 17.4. The molecule has 0 amide bonds. The highest BCUT2D eigenvalue weighted by Crippen LogP contribution is 2.44. The summed E-state index contributed by atoms with van der Waals surface area (Å²) in [6.07, 6.45) is 0. The van der Waals surface area contributed by atoms with Gasteiger partial charge in [0.1, 0.15) is 22.3 Å². The van der Waals surface area contributed by atoms with Gasteiger partial charge in [0, 0.05) is 66.7 Å². The van der Waals surface area contributed by atoms with Crippen LogP contribution in [0.1, 0.15) is 111 Å². The molecular weight excluding hydrogens is 1120 g/mol. The Morgan fingerprint density at radius 1 is 0.196 bits per heavy atom. The van der Waals surface area contributed by atoms with Crippen molar-refractivity contribution in [3.8, 4) is 44.5 Å². The third-order valence-electron chi connectivity index (χ3n) is 14.1. The number of hydrogen-bond acceptors (Lipinski definition) is 4. The number of fused-ring (bicyclic) bond motifs is 6. The van der Waals surface area contributed by atoms with E-state index in [1.165, 1.54) is 11.1 Å². The minimum atomic E-state index is 0.915. The van der Waals surface area contributed by atoms with E-state index in [-0.39, 0.29) is 0 Å². The number of hydrogen-bond donors (Lipinski definition) is 0. The first-order valence-corrected chi connectivity index (χ1v) is 33.7. The molecule has 14 rings (SSSR count). The van der Waals surface area contributed by atoms with E-state index < -0.39 is 0 Å². The smallest absolute Gasteiger partial charge is 0.143 e. The van der Waals surface area contributed by atoms with Crippen molar-refractivity contribution in [3.05, 3.63) is 303 Å². The first-order chi connectivity index (χ1) is 45.7. The SMILES string of the molecule is CC.CC.CC.CC.CC.CC.CC.CC.c1ccc(N(c2ccccc2)c2cccc(-c3cccc(-c4cccc5c4oc4ccccc45)c3)c2)cc1.c1ccc(N(c2ccccc2)c2ccccc2-c2cccc(-c3cccc4c3oc3ccccc34)c2)cc1. The monoisotopic (exact) mass is 1210 g/mol. The molecule has 0 N–H and O–H groups in total. The van der Waals surface area contributed by atoms with Gasteiger partial charge < -0.3 is 18.6 Å². The third-order valence-corrected chi connectivity index (χ3v) is 14.1. The van der Waals surface area contributed by atoms with E-state index >= 15 is 0 Å². The molecule has 92 heavy (non-hydrogen) atoms. The molecule has 0 saturated carbocycles. The van der Waals surface area contributed by atoms with Crippen LogP contribution < -0.4 is 9.80 Å². The molecule has 0 bridgehead atoms. The zero-order valence-electron chi connectivity index (χ0n) is 57.6.